The lowest BCUT2D eigenvalue weighted by Crippen LogP contribution is -2.45. The molecule has 0 radical (unpaired) electrons. The summed E-state index contributed by atoms with van der Waals surface area (Å²) in [5.74, 6) is 0.955. The van der Waals surface area contributed by atoms with Gasteiger partial charge in [-0.25, -0.2) is 0 Å². The number of benzene rings is 1. The van der Waals surface area contributed by atoms with E-state index in [0.717, 1.165) is 31.9 Å². The number of halogens is 2. The van der Waals surface area contributed by atoms with Crippen LogP contribution in [0.1, 0.15) is 36.9 Å². The molecule has 0 aromatic heterocycles. The van der Waals surface area contributed by atoms with Crippen molar-refractivity contribution >= 4 is 24.8 Å². The van der Waals surface area contributed by atoms with Crippen molar-refractivity contribution in [1.29, 1.82) is 0 Å². The van der Waals surface area contributed by atoms with Crippen molar-refractivity contribution in [1.82, 2.24) is 10.2 Å². The summed E-state index contributed by atoms with van der Waals surface area (Å²) < 4.78 is 5.31. The van der Waals surface area contributed by atoms with E-state index in [1.807, 2.05) is 0 Å². The van der Waals surface area contributed by atoms with Crippen molar-refractivity contribution < 1.29 is 4.74 Å². The summed E-state index contributed by atoms with van der Waals surface area (Å²) in [7, 11) is 1.73. The van der Waals surface area contributed by atoms with E-state index >= 15 is 0 Å². The average Bonchev–Trinajstić information content (AvgIpc) is 2.46. The van der Waals surface area contributed by atoms with E-state index < -0.39 is 0 Å². The Morgan fingerprint density at radius 1 is 1.24 bits per heavy atom. The third-order valence-corrected chi connectivity index (χ3v) is 3.99. The number of piperazine rings is 1. The molecule has 0 unspecified atom stereocenters. The van der Waals surface area contributed by atoms with Gasteiger partial charge in [0.2, 0.25) is 0 Å². The van der Waals surface area contributed by atoms with Gasteiger partial charge in [0, 0.05) is 32.2 Å². The van der Waals surface area contributed by atoms with Gasteiger partial charge >= 0.3 is 0 Å². The fourth-order valence-electron chi connectivity index (χ4n) is 2.95. The molecule has 0 spiro atoms. The van der Waals surface area contributed by atoms with Gasteiger partial charge in [-0.2, -0.15) is 0 Å². The maximum Gasteiger partial charge on any atom is 0.119 e. The van der Waals surface area contributed by atoms with E-state index in [1.165, 1.54) is 24.0 Å². The summed E-state index contributed by atoms with van der Waals surface area (Å²) >= 11 is 0. The standard InChI is InChI=1S/C16H26N2O.2ClH/c1-4-5-16(18-10-8-17-9-11-18)15-7-6-14(19-3)12-13(15)2;;/h6-7,12,16-17H,4-5,8-11H2,1-3H3;2*1H/t16-;;/m0../s1. The first kappa shape index (κ1) is 20.5. The van der Waals surface area contributed by atoms with E-state index in [2.05, 4.69) is 42.3 Å². The number of methoxy groups -OCH3 is 1. The Kier molecular flexibility index (Phi) is 10.0. The lowest BCUT2D eigenvalue weighted by Gasteiger charge is -2.36. The van der Waals surface area contributed by atoms with Crippen LogP contribution in [0.4, 0.5) is 0 Å². The maximum atomic E-state index is 5.31. The highest BCUT2D eigenvalue weighted by atomic mass is 35.5. The Hall–Kier alpha value is -0.480. The van der Waals surface area contributed by atoms with Crippen LogP contribution in [-0.4, -0.2) is 38.2 Å². The molecule has 0 bridgehead atoms. The largest absolute Gasteiger partial charge is 0.497 e. The SMILES string of the molecule is CCC[C@@H](c1ccc(OC)cc1C)N1CCNCC1.Cl.Cl. The number of nitrogens with one attached hydrogen (secondary N) is 1. The summed E-state index contributed by atoms with van der Waals surface area (Å²) in [6.07, 6.45) is 2.45. The van der Waals surface area contributed by atoms with Gasteiger partial charge in [0.05, 0.1) is 7.11 Å². The molecule has 1 atom stereocenters. The molecule has 1 aromatic rings. The summed E-state index contributed by atoms with van der Waals surface area (Å²) in [4.78, 5) is 2.62. The minimum Gasteiger partial charge on any atom is -0.497 e. The predicted molar refractivity (Wildman–Crippen MR) is 94.3 cm³/mol. The van der Waals surface area contributed by atoms with Gasteiger partial charge in [0.25, 0.3) is 0 Å². The molecule has 1 N–H and O–H groups in total. The normalized spacial score (nSPS) is 16.5. The van der Waals surface area contributed by atoms with Crippen LogP contribution in [0.3, 0.4) is 0 Å². The quantitative estimate of drug-likeness (QED) is 0.890. The zero-order chi connectivity index (χ0) is 13.7. The van der Waals surface area contributed by atoms with Crippen LogP contribution in [0.2, 0.25) is 0 Å². The predicted octanol–water partition coefficient (Wildman–Crippen LogP) is 3.59. The number of aryl methyl sites for hydroxylation is 1. The summed E-state index contributed by atoms with van der Waals surface area (Å²) in [5.41, 5.74) is 2.81. The topological polar surface area (TPSA) is 24.5 Å². The number of hydrogen-bond donors (Lipinski definition) is 1. The number of hydrogen-bond acceptors (Lipinski definition) is 3. The third kappa shape index (κ3) is 5.33. The number of nitrogens with zero attached hydrogens (tertiary/aromatic N) is 1. The van der Waals surface area contributed by atoms with Gasteiger partial charge in [-0.3, -0.25) is 4.90 Å². The van der Waals surface area contributed by atoms with E-state index in [4.69, 9.17) is 4.74 Å². The van der Waals surface area contributed by atoms with Gasteiger partial charge in [0.1, 0.15) is 5.75 Å². The smallest absolute Gasteiger partial charge is 0.119 e. The minimum atomic E-state index is 0. The Morgan fingerprint density at radius 3 is 2.43 bits per heavy atom. The van der Waals surface area contributed by atoms with Crippen molar-refractivity contribution in [3.63, 3.8) is 0 Å². The fraction of sp³-hybridized carbons (Fsp3) is 0.625. The molecular formula is C16H28Cl2N2O. The third-order valence-electron chi connectivity index (χ3n) is 3.99. The van der Waals surface area contributed by atoms with E-state index in [1.54, 1.807) is 7.11 Å². The maximum absolute atomic E-state index is 5.31. The number of ether oxygens (including phenoxy) is 1. The number of rotatable bonds is 5. The molecule has 2 rings (SSSR count). The van der Waals surface area contributed by atoms with Crippen molar-refractivity contribution in [2.45, 2.75) is 32.7 Å². The first-order valence-corrected chi connectivity index (χ1v) is 7.35. The first-order chi connectivity index (χ1) is 9.26. The van der Waals surface area contributed by atoms with Crippen molar-refractivity contribution in [2.75, 3.05) is 33.3 Å². The Bertz CT molecular complexity index is 409. The molecule has 5 heteroatoms. The van der Waals surface area contributed by atoms with Crippen LogP contribution < -0.4 is 10.1 Å². The molecule has 0 aliphatic carbocycles. The van der Waals surface area contributed by atoms with Crippen LogP contribution in [0.5, 0.6) is 5.75 Å². The minimum absolute atomic E-state index is 0. The summed E-state index contributed by atoms with van der Waals surface area (Å²) in [6, 6.07) is 7.04. The van der Waals surface area contributed by atoms with Gasteiger partial charge in [0.15, 0.2) is 0 Å². The highest BCUT2D eigenvalue weighted by Gasteiger charge is 2.22. The molecule has 3 nitrogen and oxygen atoms in total. The molecule has 1 aliphatic rings. The summed E-state index contributed by atoms with van der Waals surface area (Å²) in [6.45, 7) is 8.98. The van der Waals surface area contributed by atoms with Gasteiger partial charge in [-0.1, -0.05) is 19.4 Å². The van der Waals surface area contributed by atoms with Crippen molar-refractivity contribution in [3.05, 3.63) is 29.3 Å². The lowest BCUT2D eigenvalue weighted by atomic mass is 9.95. The highest BCUT2D eigenvalue weighted by molar-refractivity contribution is 5.85. The van der Waals surface area contributed by atoms with E-state index in [9.17, 15) is 0 Å². The van der Waals surface area contributed by atoms with Crippen LogP contribution >= 0.6 is 24.8 Å². The van der Waals surface area contributed by atoms with Gasteiger partial charge in [-0.15, -0.1) is 24.8 Å². The Morgan fingerprint density at radius 2 is 1.90 bits per heavy atom. The Labute approximate surface area is 141 Å². The highest BCUT2D eigenvalue weighted by Crippen LogP contribution is 2.30. The Balaban J connectivity index is 0.00000200. The van der Waals surface area contributed by atoms with Gasteiger partial charge < -0.3 is 10.1 Å². The molecule has 1 fully saturated rings. The fourth-order valence-corrected chi connectivity index (χ4v) is 2.95. The van der Waals surface area contributed by atoms with E-state index in [0.29, 0.717) is 6.04 Å². The average molecular weight is 335 g/mol. The van der Waals surface area contributed by atoms with Gasteiger partial charge in [-0.05, 0) is 36.6 Å². The molecule has 0 amide bonds. The second kappa shape index (κ2) is 10.3. The molecule has 1 aliphatic heterocycles. The zero-order valence-corrected chi connectivity index (χ0v) is 14.9. The van der Waals surface area contributed by atoms with Crippen molar-refractivity contribution in [2.24, 2.45) is 0 Å². The van der Waals surface area contributed by atoms with Crippen LogP contribution in [0, 0.1) is 6.92 Å². The molecule has 1 aromatic carbocycles. The second-order valence-electron chi connectivity index (χ2n) is 5.31. The summed E-state index contributed by atoms with van der Waals surface area (Å²) in [5, 5.41) is 3.43. The van der Waals surface area contributed by atoms with Crippen molar-refractivity contribution in [3.8, 4) is 5.75 Å². The first-order valence-electron chi connectivity index (χ1n) is 7.35. The molecule has 1 heterocycles. The molecule has 122 valence electrons. The monoisotopic (exact) mass is 334 g/mol. The van der Waals surface area contributed by atoms with E-state index in [-0.39, 0.29) is 24.8 Å². The second-order valence-corrected chi connectivity index (χ2v) is 5.31. The van der Waals surface area contributed by atoms with Crippen LogP contribution in [0.15, 0.2) is 18.2 Å². The van der Waals surface area contributed by atoms with Crippen LogP contribution in [-0.2, 0) is 0 Å². The van der Waals surface area contributed by atoms with Crippen LogP contribution in [0.25, 0.3) is 0 Å². The molecule has 0 saturated carbocycles. The molecule has 1 saturated heterocycles. The lowest BCUT2D eigenvalue weighted by molar-refractivity contribution is 0.164. The zero-order valence-electron chi connectivity index (χ0n) is 13.2. The molecular weight excluding hydrogens is 307 g/mol. The molecule has 21 heavy (non-hydrogen) atoms.